The fraction of sp³-hybridized carbons (Fsp3) is 0.0455. The highest BCUT2D eigenvalue weighted by atomic mass is 16.5. The fourth-order valence-electron chi connectivity index (χ4n) is 2.74. The number of methoxy groups -OCH3 is 1. The van der Waals surface area contributed by atoms with Gasteiger partial charge in [-0.05, 0) is 35.4 Å². The van der Waals surface area contributed by atoms with Crippen LogP contribution in [0.3, 0.4) is 0 Å². The van der Waals surface area contributed by atoms with E-state index in [1.165, 1.54) is 0 Å². The van der Waals surface area contributed by atoms with Crippen molar-refractivity contribution in [2.45, 2.75) is 0 Å². The van der Waals surface area contributed by atoms with E-state index in [9.17, 15) is 0 Å². The molecule has 3 aromatic carbocycles. The smallest absolute Gasteiger partial charge is 0.226 e. The molecular formula is C22H17NO2. The van der Waals surface area contributed by atoms with Crippen LogP contribution in [0.5, 0.6) is 5.75 Å². The van der Waals surface area contributed by atoms with E-state index in [1.54, 1.807) is 13.4 Å². The minimum Gasteiger partial charge on any atom is -0.497 e. The summed E-state index contributed by atoms with van der Waals surface area (Å²) < 4.78 is 10.8. The highest BCUT2D eigenvalue weighted by Crippen LogP contribution is 2.28. The molecule has 122 valence electrons. The summed E-state index contributed by atoms with van der Waals surface area (Å²) in [5.41, 5.74) is 5.14. The maximum Gasteiger partial charge on any atom is 0.226 e. The third-order valence-electron chi connectivity index (χ3n) is 4.13. The molecule has 3 nitrogen and oxygen atoms in total. The van der Waals surface area contributed by atoms with Crippen molar-refractivity contribution < 1.29 is 9.15 Å². The molecule has 0 saturated heterocycles. The van der Waals surface area contributed by atoms with Crippen molar-refractivity contribution in [3.05, 3.63) is 85.1 Å². The van der Waals surface area contributed by atoms with Crippen molar-refractivity contribution in [1.29, 1.82) is 0 Å². The molecule has 1 heterocycles. The van der Waals surface area contributed by atoms with Crippen LogP contribution >= 0.6 is 0 Å². The van der Waals surface area contributed by atoms with Crippen molar-refractivity contribution in [2.75, 3.05) is 7.11 Å². The summed E-state index contributed by atoms with van der Waals surface area (Å²) in [6.07, 6.45) is 1.70. The predicted molar refractivity (Wildman–Crippen MR) is 99.4 cm³/mol. The molecule has 0 spiro atoms. The number of ether oxygens (including phenoxy) is 1. The minimum absolute atomic E-state index is 0.634. The van der Waals surface area contributed by atoms with Gasteiger partial charge in [0.2, 0.25) is 5.89 Å². The molecule has 0 aliphatic carbocycles. The van der Waals surface area contributed by atoms with Crippen molar-refractivity contribution in [2.24, 2.45) is 0 Å². The van der Waals surface area contributed by atoms with Gasteiger partial charge in [-0.3, -0.25) is 0 Å². The summed E-state index contributed by atoms with van der Waals surface area (Å²) in [5.74, 6) is 1.49. The van der Waals surface area contributed by atoms with Crippen LogP contribution in [0.15, 0.2) is 89.5 Å². The second-order valence-electron chi connectivity index (χ2n) is 5.71. The molecule has 3 heteroatoms. The Bertz CT molecular complexity index is 955. The molecule has 4 aromatic rings. The Morgan fingerprint density at radius 1 is 0.680 bits per heavy atom. The lowest BCUT2D eigenvalue weighted by molar-refractivity contribution is 0.415. The van der Waals surface area contributed by atoms with Crippen molar-refractivity contribution in [3.8, 4) is 39.6 Å². The zero-order valence-electron chi connectivity index (χ0n) is 13.8. The quantitative estimate of drug-likeness (QED) is 0.483. The summed E-state index contributed by atoms with van der Waals surface area (Å²) in [5, 5.41) is 0. The molecule has 0 saturated carbocycles. The SMILES string of the molecule is COc1ccc(-c2ccc(-c3coc(-c4ccccc4)n3)cc2)cc1. The van der Waals surface area contributed by atoms with Gasteiger partial charge >= 0.3 is 0 Å². The second-order valence-corrected chi connectivity index (χ2v) is 5.71. The van der Waals surface area contributed by atoms with Crippen LogP contribution in [0.4, 0.5) is 0 Å². The van der Waals surface area contributed by atoms with Gasteiger partial charge in [-0.2, -0.15) is 0 Å². The summed E-state index contributed by atoms with van der Waals surface area (Å²) in [6, 6.07) is 26.2. The maximum atomic E-state index is 5.62. The van der Waals surface area contributed by atoms with E-state index >= 15 is 0 Å². The zero-order valence-corrected chi connectivity index (χ0v) is 13.8. The molecule has 0 atom stereocenters. The van der Waals surface area contributed by atoms with E-state index in [0.717, 1.165) is 33.7 Å². The first-order chi connectivity index (χ1) is 12.3. The standard InChI is InChI=1S/C22H17NO2/c1-24-20-13-11-17(12-14-20)16-7-9-18(10-8-16)21-15-25-22(23-21)19-5-3-2-4-6-19/h2-15H,1H3. The van der Waals surface area contributed by atoms with Gasteiger partial charge in [-0.15, -0.1) is 0 Å². The van der Waals surface area contributed by atoms with Crippen LogP contribution in [0.2, 0.25) is 0 Å². The number of hydrogen-bond donors (Lipinski definition) is 0. The molecule has 0 fully saturated rings. The minimum atomic E-state index is 0.634. The van der Waals surface area contributed by atoms with Crippen molar-refractivity contribution in [3.63, 3.8) is 0 Å². The molecule has 25 heavy (non-hydrogen) atoms. The molecule has 0 aliphatic rings. The Hall–Kier alpha value is -3.33. The molecule has 0 unspecified atom stereocenters. The Kier molecular flexibility index (Phi) is 4.05. The molecule has 0 aliphatic heterocycles. The van der Waals surface area contributed by atoms with Gasteiger partial charge in [0.1, 0.15) is 17.7 Å². The lowest BCUT2D eigenvalue weighted by atomic mass is 10.0. The molecule has 0 radical (unpaired) electrons. The van der Waals surface area contributed by atoms with Gasteiger partial charge in [0.05, 0.1) is 7.11 Å². The topological polar surface area (TPSA) is 35.3 Å². The molecular weight excluding hydrogens is 310 g/mol. The van der Waals surface area contributed by atoms with E-state index in [2.05, 4.69) is 41.4 Å². The van der Waals surface area contributed by atoms with E-state index in [1.807, 2.05) is 42.5 Å². The molecule has 1 aromatic heterocycles. The van der Waals surface area contributed by atoms with Gasteiger partial charge in [0.25, 0.3) is 0 Å². The third-order valence-corrected chi connectivity index (χ3v) is 4.13. The Morgan fingerprint density at radius 3 is 1.92 bits per heavy atom. The first-order valence-corrected chi connectivity index (χ1v) is 8.09. The fourth-order valence-corrected chi connectivity index (χ4v) is 2.74. The van der Waals surface area contributed by atoms with Gasteiger partial charge < -0.3 is 9.15 Å². The highest BCUT2D eigenvalue weighted by molar-refractivity contribution is 5.69. The van der Waals surface area contributed by atoms with Crippen LogP contribution in [0, 0.1) is 0 Å². The Morgan fingerprint density at radius 2 is 1.28 bits per heavy atom. The summed E-state index contributed by atoms with van der Waals surface area (Å²) in [4.78, 5) is 4.59. The van der Waals surface area contributed by atoms with Crippen LogP contribution in [0.1, 0.15) is 0 Å². The predicted octanol–water partition coefficient (Wildman–Crippen LogP) is 5.68. The molecule has 0 amide bonds. The van der Waals surface area contributed by atoms with Crippen LogP contribution in [-0.4, -0.2) is 12.1 Å². The second kappa shape index (κ2) is 6.65. The largest absolute Gasteiger partial charge is 0.497 e. The van der Waals surface area contributed by atoms with Crippen molar-refractivity contribution >= 4 is 0 Å². The van der Waals surface area contributed by atoms with Gasteiger partial charge in [-0.25, -0.2) is 4.98 Å². The number of aromatic nitrogens is 1. The average Bonchev–Trinajstić information content (AvgIpc) is 3.19. The average molecular weight is 327 g/mol. The number of hydrogen-bond acceptors (Lipinski definition) is 3. The molecule has 0 N–H and O–H groups in total. The van der Waals surface area contributed by atoms with E-state index in [0.29, 0.717) is 5.89 Å². The monoisotopic (exact) mass is 327 g/mol. The van der Waals surface area contributed by atoms with Crippen molar-refractivity contribution in [1.82, 2.24) is 4.98 Å². The lowest BCUT2D eigenvalue weighted by Gasteiger charge is -2.04. The normalized spacial score (nSPS) is 10.6. The Labute approximate surface area is 146 Å². The maximum absolute atomic E-state index is 5.62. The van der Waals surface area contributed by atoms with Gasteiger partial charge in [0.15, 0.2) is 0 Å². The number of nitrogens with zero attached hydrogens (tertiary/aromatic N) is 1. The highest BCUT2D eigenvalue weighted by Gasteiger charge is 2.08. The van der Waals surface area contributed by atoms with E-state index in [4.69, 9.17) is 9.15 Å². The number of benzene rings is 3. The Balaban J connectivity index is 1.59. The van der Waals surface area contributed by atoms with Crippen LogP contribution in [-0.2, 0) is 0 Å². The van der Waals surface area contributed by atoms with Gasteiger partial charge in [0, 0.05) is 11.1 Å². The zero-order chi connectivity index (χ0) is 17.1. The summed E-state index contributed by atoms with van der Waals surface area (Å²) in [6.45, 7) is 0. The summed E-state index contributed by atoms with van der Waals surface area (Å²) in [7, 11) is 1.67. The van der Waals surface area contributed by atoms with E-state index in [-0.39, 0.29) is 0 Å². The first-order valence-electron chi connectivity index (χ1n) is 8.09. The number of rotatable bonds is 4. The van der Waals surface area contributed by atoms with Crippen LogP contribution < -0.4 is 4.74 Å². The third kappa shape index (κ3) is 3.17. The molecule has 4 rings (SSSR count). The molecule has 0 bridgehead atoms. The number of oxazole rings is 1. The lowest BCUT2D eigenvalue weighted by Crippen LogP contribution is -1.83. The van der Waals surface area contributed by atoms with Crippen LogP contribution in [0.25, 0.3) is 33.8 Å². The first kappa shape index (κ1) is 15.2. The summed E-state index contributed by atoms with van der Waals surface area (Å²) >= 11 is 0. The van der Waals surface area contributed by atoms with Gasteiger partial charge in [-0.1, -0.05) is 54.6 Å². The van der Waals surface area contributed by atoms with E-state index < -0.39 is 0 Å².